The molecule has 0 aromatic carbocycles. The highest BCUT2D eigenvalue weighted by atomic mass is 79.9. The molecule has 1 rings (SSSR count). The van der Waals surface area contributed by atoms with Crippen molar-refractivity contribution < 1.29 is 9.47 Å². The minimum Gasteiger partial charge on any atom is -0.376 e. The second-order valence-electron chi connectivity index (χ2n) is 4.36. The van der Waals surface area contributed by atoms with Crippen LogP contribution in [0.3, 0.4) is 0 Å². The zero-order valence-electron chi connectivity index (χ0n) is 9.47. The molecule has 1 aliphatic carbocycles. The SMILES string of the molecule is CCOC(COC(C)(CCl)CBr)C1CC1. The van der Waals surface area contributed by atoms with Gasteiger partial charge in [-0.05, 0) is 32.6 Å². The molecule has 2 atom stereocenters. The van der Waals surface area contributed by atoms with Gasteiger partial charge >= 0.3 is 0 Å². The lowest BCUT2D eigenvalue weighted by Crippen LogP contribution is -2.37. The normalized spacial score (nSPS) is 22.4. The molecule has 0 spiro atoms. The fourth-order valence-corrected chi connectivity index (χ4v) is 2.16. The zero-order chi connectivity index (χ0) is 11.3. The minimum absolute atomic E-state index is 0.261. The highest BCUT2D eigenvalue weighted by molar-refractivity contribution is 9.09. The Morgan fingerprint density at radius 3 is 2.60 bits per heavy atom. The van der Waals surface area contributed by atoms with Crippen molar-refractivity contribution in [2.75, 3.05) is 24.4 Å². The standard InChI is InChI=1S/C11H20BrClO2/c1-3-14-10(9-4-5-9)6-15-11(2,7-12)8-13/h9-10H,3-8H2,1-2H3. The Morgan fingerprint density at radius 2 is 2.20 bits per heavy atom. The van der Waals surface area contributed by atoms with E-state index in [9.17, 15) is 0 Å². The van der Waals surface area contributed by atoms with E-state index < -0.39 is 0 Å². The first-order chi connectivity index (χ1) is 7.15. The Labute approximate surface area is 106 Å². The fraction of sp³-hybridized carbons (Fsp3) is 1.00. The molecule has 0 aliphatic heterocycles. The first-order valence-electron chi connectivity index (χ1n) is 5.52. The summed E-state index contributed by atoms with van der Waals surface area (Å²) in [5.74, 6) is 1.21. The lowest BCUT2D eigenvalue weighted by Gasteiger charge is -2.28. The van der Waals surface area contributed by atoms with E-state index in [1.54, 1.807) is 0 Å². The van der Waals surface area contributed by atoms with E-state index in [4.69, 9.17) is 21.1 Å². The summed E-state index contributed by atoms with van der Waals surface area (Å²) in [7, 11) is 0. The maximum Gasteiger partial charge on any atom is 0.0886 e. The topological polar surface area (TPSA) is 18.5 Å². The van der Waals surface area contributed by atoms with Crippen molar-refractivity contribution in [2.45, 2.75) is 38.4 Å². The molecule has 15 heavy (non-hydrogen) atoms. The number of hydrogen-bond acceptors (Lipinski definition) is 2. The van der Waals surface area contributed by atoms with Crippen LogP contribution in [0.1, 0.15) is 26.7 Å². The van der Waals surface area contributed by atoms with E-state index in [1.807, 2.05) is 13.8 Å². The summed E-state index contributed by atoms with van der Waals surface area (Å²) in [4.78, 5) is 0. The van der Waals surface area contributed by atoms with Gasteiger partial charge in [-0.25, -0.2) is 0 Å². The second-order valence-corrected chi connectivity index (χ2v) is 5.19. The van der Waals surface area contributed by atoms with Crippen molar-refractivity contribution in [1.82, 2.24) is 0 Å². The predicted octanol–water partition coefficient (Wildman–Crippen LogP) is 3.21. The molecule has 1 saturated carbocycles. The van der Waals surface area contributed by atoms with E-state index in [2.05, 4.69) is 15.9 Å². The molecular formula is C11H20BrClO2. The van der Waals surface area contributed by atoms with Crippen molar-refractivity contribution in [2.24, 2.45) is 5.92 Å². The van der Waals surface area contributed by atoms with Crippen molar-refractivity contribution in [3.63, 3.8) is 0 Å². The number of ether oxygens (including phenoxy) is 2. The first-order valence-corrected chi connectivity index (χ1v) is 7.18. The lowest BCUT2D eigenvalue weighted by atomic mass is 10.1. The number of alkyl halides is 2. The summed E-state index contributed by atoms with van der Waals surface area (Å²) in [5.41, 5.74) is -0.272. The van der Waals surface area contributed by atoms with E-state index in [0.717, 1.165) is 11.9 Å². The maximum absolute atomic E-state index is 5.87. The highest BCUT2D eigenvalue weighted by Crippen LogP contribution is 2.35. The molecule has 0 bridgehead atoms. The molecule has 0 heterocycles. The molecule has 0 amide bonds. The Morgan fingerprint density at radius 1 is 1.53 bits per heavy atom. The van der Waals surface area contributed by atoms with Gasteiger partial charge in [0.05, 0.1) is 24.2 Å². The van der Waals surface area contributed by atoms with E-state index in [1.165, 1.54) is 12.8 Å². The third-order valence-corrected chi connectivity index (χ3v) is 4.44. The van der Waals surface area contributed by atoms with Gasteiger partial charge in [0.2, 0.25) is 0 Å². The van der Waals surface area contributed by atoms with Gasteiger partial charge in [-0.1, -0.05) is 15.9 Å². The number of halogens is 2. The lowest BCUT2D eigenvalue weighted by molar-refractivity contribution is -0.0731. The van der Waals surface area contributed by atoms with Gasteiger partial charge in [0, 0.05) is 11.9 Å². The minimum atomic E-state index is -0.272. The largest absolute Gasteiger partial charge is 0.376 e. The molecule has 4 heteroatoms. The van der Waals surface area contributed by atoms with Gasteiger partial charge < -0.3 is 9.47 Å². The summed E-state index contributed by atoms with van der Waals surface area (Å²) < 4.78 is 11.5. The first kappa shape index (κ1) is 13.8. The fourth-order valence-electron chi connectivity index (χ4n) is 1.40. The van der Waals surface area contributed by atoms with Crippen LogP contribution in [-0.2, 0) is 9.47 Å². The molecule has 1 fully saturated rings. The van der Waals surface area contributed by atoms with Crippen LogP contribution in [-0.4, -0.2) is 36.1 Å². The van der Waals surface area contributed by atoms with Crippen LogP contribution in [0, 0.1) is 5.92 Å². The molecule has 0 aromatic rings. The summed E-state index contributed by atoms with van der Waals surface area (Å²) in [6, 6.07) is 0. The Balaban J connectivity index is 2.31. The molecule has 0 radical (unpaired) electrons. The van der Waals surface area contributed by atoms with Crippen LogP contribution in [0.5, 0.6) is 0 Å². The number of hydrogen-bond donors (Lipinski definition) is 0. The molecule has 1 aliphatic rings. The summed E-state index contributed by atoms with van der Waals surface area (Å²) in [6.07, 6.45) is 2.82. The Kier molecular flexibility index (Phi) is 5.90. The van der Waals surface area contributed by atoms with E-state index >= 15 is 0 Å². The summed E-state index contributed by atoms with van der Waals surface area (Å²) in [6.45, 7) is 5.47. The van der Waals surface area contributed by atoms with Crippen LogP contribution in [0.4, 0.5) is 0 Å². The second kappa shape index (κ2) is 6.43. The van der Waals surface area contributed by atoms with Crippen molar-refractivity contribution in [3.05, 3.63) is 0 Å². The van der Waals surface area contributed by atoms with Crippen LogP contribution >= 0.6 is 27.5 Å². The Hall–Kier alpha value is 0.690. The van der Waals surface area contributed by atoms with Gasteiger partial charge in [-0.15, -0.1) is 11.6 Å². The van der Waals surface area contributed by atoms with Gasteiger partial charge in [0.1, 0.15) is 0 Å². The Bertz CT molecular complexity index is 181. The maximum atomic E-state index is 5.87. The van der Waals surface area contributed by atoms with Crippen LogP contribution in [0.2, 0.25) is 0 Å². The van der Waals surface area contributed by atoms with Gasteiger partial charge in [0.25, 0.3) is 0 Å². The average molecular weight is 300 g/mol. The molecular weight excluding hydrogens is 279 g/mol. The van der Waals surface area contributed by atoms with Crippen molar-refractivity contribution >= 4 is 27.5 Å². The molecule has 2 nitrogen and oxygen atoms in total. The molecule has 0 aromatic heterocycles. The van der Waals surface area contributed by atoms with Crippen LogP contribution < -0.4 is 0 Å². The molecule has 90 valence electrons. The smallest absolute Gasteiger partial charge is 0.0886 e. The number of rotatable bonds is 8. The molecule has 0 N–H and O–H groups in total. The van der Waals surface area contributed by atoms with Crippen molar-refractivity contribution in [1.29, 1.82) is 0 Å². The predicted molar refractivity (Wildman–Crippen MR) is 67.0 cm³/mol. The van der Waals surface area contributed by atoms with Crippen LogP contribution in [0.15, 0.2) is 0 Å². The van der Waals surface area contributed by atoms with Gasteiger partial charge in [-0.3, -0.25) is 0 Å². The van der Waals surface area contributed by atoms with Crippen LogP contribution in [0.25, 0.3) is 0 Å². The summed E-state index contributed by atoms with van der Waals surface area (Å²) in [5, 5.41) is 0.757. The molecule has 2 unspecified atom stereocenters. The highest BCUT2D eigenvalue weighted by Gasteiger charge is 2.34. The molecule has 0 saturated heterocycles. The zero-order valence-corrected chi connectivity index (χ0v) is 11.8. The third kappa shape index (κ3) is 4.59. The van der Waals surface area contributed by atoms with E-state index in [-0.39, 0.29) is 11.7 Å². The van der Waals surface area contributed by atoms with Gasteiger partial charge in [-0.2, -0.15) is 0 Å². The average Bonchev–Trinajstić information content (AvgIpc) is 3.07. The van der Waals surface area contributed by atoms with Gasteiger partial charge in [0.15, 0.2) is 0 Å². The summed E-state index contributed by atoms with van der Waals surface area (Å²) >= 11 is 9.29. The third-order valence-electron chi connectivity index (χ3n) is 2.69. The van der Waals surface area contributed by atoms with E-state index in [0.29, 0.717) is 18.4 Å². The monoisotopic (exact) mass is 298 g/mol. The van der Waals surface area contributed by atoms with Crippen molar-refractivity contribution in [3.8, 4) is 0 Å². The quantitative estimate of drug-likeness (QED) is 0.641.